The Bertz CT molecular complexity index is 1620. The van der Waals surface area contributed by atoms with Gasteiger partial charge in [0.2, 0.25) is 6.79 Å². The molecule has 0 bridgehead atoms. The first-order valence-electron chi connectivity index (χ1n) is 14.9. The second-order valence-corrected chi connectivity index (χ2v) is 11.6. The van der Waals surface area contributed by atoms with Crippen molar-refractivity contribution < 1.29 is 18.7 Å². The van der Waals surface area contributed by atoms with Crippen molar-refractivity contribution in [3.63, 3.8) is 0 Å². The Morgan fingerprint density at radius 1 is 0.952 bits per heavy atom. The SMILES string of the molecule is CC(Nc1cc(C(=O)N2CCC[C@H]2CN2CCCC2)c2cc(-c3ccc4c(c3)OCO4)ccc2n1)c1ccc(F)cc1. The normalized spacial score (nSPS) is 19.0. The molecular weight excluding hydrogens is 531 g/mol. The predicted molar refractivity (Wildman–Crippen MR) is 161 cm³/mol. The molecule has 7 rings (SSSR count). The molecule has 1 unspecified atom stereocenters. The highest BCUT2D eigenvalue weighted by Gasteiger charge is 2.32. The molecule has 0 saturated carbocycles. The molecule has 2 saturated heterocycles. The quantitative estimate of drug-likeness (QED) is 0.270. The Morgan fingerprint density at radius 2 is 1.71 bits per heavy atom. The molecule has 3 aliphatic rings. The molecule has 7 nitrogen and oxygen atoms in total. The largest absolute Gasteiger partial charge is 0.454 e. The second kappa shape index (κ2) is 11.2. The molecule has 0 radical (unpaired) electrons. The van der Waals surface area contributed by atoms with E-state index in [1.165, 1.54) is 25.0 Å². The first-order valence-corrected chi connectivity index (χ1v) is 14.9. The topological polar surface area (TPSA) is 66.9 Å². The summed E-state index contributed by atoms with van der Waals surface area (Å²) in [6.07, 6.45) is 4.52. The minimum absolute atomic E-state index is 0.0458. The van der Waals surface area contributed by atoms with Crippen LogP contribution in [0.2, 0.25) is 0 Å². The van der Waals surface area contributed by atoms with Crippen LogP contribution in [-0.2, 0) is 0 Å². The fraction of sp³-hybridized carbons (Fsp3) is 0.353. The summed E-state index contributed by atoms with van der Waals surface area (Å²) in [7, 11) is 0. The van der Waals surface area contributed by atoms with Crippen molar-refractivity contribution in [1.29, 1.82) is 0 Å². The molecule has 2 fully saturated rings. The first kappa shape index (κ1) is 26.7. The van der Waals surface area contributed by atoms with Gasteiger partial charge in [-0.05, 0) is 105 Å². The second-order valence-electron chi connectivity index (χ2n) is 11.6. The number of carbonyl (C=O) groups excluding carboxylic acids is 1. The van der Waals surface area contributed by atoms with Crippen molar-refractivity contribution in [2.45, 2.75) is 44.7 Å². The molecule has 2 atom stereocenters. The number of hydrogen-bond acceptors (Lipinski definition) is 6. The van der Waals surface area contributed by atoms with Gasteiger partial charge in [0.25, 0.3) is 5.91 Å². The number of nitrogens with zero attached hydrogens (tertiary/aromatic N) is 3. The van der Waals surface area contributed by atoms with E-state index >= 15 is 0 Å². The molecule has 42 heavy (non-hydrogen) atoms. The van der Waals surface area contributed by atoms with E-state index in [2.05, 4.69) is 21.2 Å². The number of pyridine rings is 1. The highest BCUT2D eigenvalue weighted by molar-refractivity contribution is 6.08. The number of anilines is 1. The Labute approximate surface area is 245 Å². The van der Waals surface area contributed by atoms with Gasteiger partial charge in [-0.25, -0.2) is 9.37 Å². The number of benzene rings is 3. The Kier molecular flexibility index (Phi) is 7.15. The summed E-state index contributed by atoms with van der Waals surface area (Å²) in [5.41, 5.74) is 4.29. The van der Waals surface area contributed by atoms with Gasteiger partial charge in [0.05, 0.1) is 11.1 Å². The van der Waals surface area contributed by atoms with Crippen molar-refractivity contribution in [2.75, 3.05) is 38.3 Å². The number of carbonyl (C=O) groups is 1. The van der Waals surface area contributed by atoms with Gasteiger partial charge < -0.3 is 24.6 Å². The lowest BCUT2D eigenvalue weighted by Gasteiger charge is -2.29. The Hall–Kier alpha value is -4.17. The summed E-state index contributed by atoms with van der Waals surface area (Å²) in [5, 5.41) is 4.28. The number of amides is 1. The van der Waals surface area contributed by atoms with E-state index in [-0.39, 0.29) is 30.6 Å². The standard InChI is InChI=1S/C34H35FN4O3/c1-22(23-6-10-26(35)11-7-23)36-33-19-29(34(40)39-16-4-5-27(39)20-38-14-2-3-15-38)28-17-24(8-12-30(28)37-33)25-9-13-31-32(18-25)42-21-41-31/h6-13,17-19,22,27H,2-5,14-16,20-21H2,1H3,(H,36,37)/t22?,27-/m0/s1. The van der Waals surface area contributed by atoms with Crippen molar-refractivity contribution in [3.8, 4) is 22.6 Å². The van der Waals surface area contributed by atoms with E-state index in [1.54, 1.807) is 12.1 Å². The number of aromatic nitrogens is 1. The summed E-state index contributed by atoms with van der Waals surface area (Å²) < 4.78 is 24.6. The maximum Gasteiger partial charge on any atom is 0.254 e. The average Bonchev–Trinajstić information content (AvgIpc) is 3.79. The summed E-state index contributed by atoms with van der Waals surface area (Å²) >= 11 is 0. The average molecular weight is 567 g/mol. The van der Waals surface area contributed by atoms with Crippen LogP contribution in [0, 0.1) is 5.82 Å². The third-order valence-electron chi connectivity index (χ3n) is 8.79. The van der Waals surface area contributed by atoms with Gasteiger partial charge in [-0.3, -0.25) is 4.79 Å². The number of hydrogen-bond donors (Lipinski definition) is 1. The molecule has 4 aromatic rings. The van der Waals surface area contributed by atoms with Crippen LogP contribution < -0.4 is 14.8 Å². The van der Waals surface area contributed by atoms with Crippen LogP contribution in [0.3, 0.4) is 0 Å². The summed E-state index contributed by atoms with van der Waals surface area (Å²) in [4.78, 5) is 23.9. The van der Waals surface area contributed by atoms with Crippen molar-refractivity contribution >= 4 is 22.6 Å². The lowest BCUT2D eigenvalue weighted by molar-refractivity contribution is 0.0710. The minimum Gasteiger partial charge on any atom is -0.454 e. The van der Waals surface area contributed by atoms with E-state index in [0.29, 0.717) is 11.4 Å². The van der Waals surface area contributed by atoms with Gasteiger partial charge in [-0.15, -0.1) is 0 Å². The smallest absolute Gasteiger partial charge is 0.254 e. The molecule has 3 aromatic carbocycles. The zero-order valence-electron chi connectivity index (χ0n) is 23.8. The van der Waals surface area contributed by atoms with Gasteiger partial charge in [0.15, 0.2) is 11.5 Å². The minimum atomic E-state index is -0.268. The van der Waals surface area contributed by atoms with Gasteiger partial charge in [0.1, 0.15) is 11.6 Å². The highest BCUT2D eigenvalue weighted by atomic mass is 19.1. The van der Waals surface area contributed by atoms with Crippen LogP contribution in [0.4, 0.5) is 10.2 Å². The van der Waals surface area contributed by atoms with E-state index in [4.69, 9.17) is 14.5 Å². The maximum atomic E-state index is 14.4. The molecule has 8 heteroatoms. The molecule has 0 spiro atoms. The van der Waals surface area contributed by atoms with Gasteiger partial charge in [0, 0.05) is 30.6 Å². The number of halogens is 1. The lowest BCUT2D eigenvalue weighted by atomic mass is 9.99. The molecule has 1 amide bonds. The molecular formula is C34H35FN4O3. The third kappa shape index (κ3) is 5.27. The summed E-state index contributed by atoms with van der Waals surface area (Å²) in [6, 6.07) is 20.4. The van der Waals surface area contributed by atoms with Gasteiger partial charge in [-0.1, -0.05) is 24.3 Å². The number of rotatable bonds is 7. The van der Waals surface area contributed by atoms with Crippen molar-refractivity contribution in [2.24, 2.45) is 0 Å². The van der Waals surface area contributed by atoms with Gasteiger partial charge in [-0.2, -0.15) is 0 Å². The monoisotopic (exact) mass is 566 g/mol. The highest BCUT2D eigenvalue weighted by Crippen LogP contribution is 2.37. The van der Waals surface area contributed by atoms with Crippen LogP contribution in [0.5, 0.6) is 11.5 Å². The van der Waals surface area contributed by atoms with E-state index in [0.717, 1.165) is 78.1 Å². The first-order chi connectivity index (χ1) is 20.5. The third-order valence-corrected chi connectivity index (χ3v) is 8.79. The number of ether oxygens (including phenoxy) is 2. The van der Waals surface area contributed by atoms with Crippen LogP contribution in [-0.4, -0.2) is 59.7 Å². The van der Waals surface area contributed by atoms with Crippen LogP contribution in [0.25, 0.3) is 22.0 Å². The van der Waals surface area contributed by atoms with E-state index < -0.39 is 0 Å². The van der Waals surface area contributed by atoms with Crippen LogP contribution in [0.1, 0.15) is 54.6 Å². The number of nitrogens with one attached hydrogen (secondary N) is 1. The molecule has 3 aliphatic heterocycles. The van der Waals surface area contributed by atoms with Crippen LogP contribution >= 0.6 is 0 Å². The van der Waals surface area contributed by atoms with Crippen LogP contribution in [0.15, 0.2) is 66.7 Å². The summed E-state index contributed by atoms with van der Waals surface area (Å²) in [6.45, 7) is 6.16. The Balaban J connectivity index is 1.26. The van der Waals surface area contributed by atoms with E-state index in [9.17, 15) is 9.18 Å². The van der Waals surface area contributed by atoms with Crippen molar-refractivity contribution in [1.82, 2.24) is 14.8 Å². The van der Waals surface area contributed by atoms with Crippen molar-refractivity contribution in [3.05, 3.63) is 83.7 Å². The zero-order valence-corrected chi connectivity index (χ0v) is 23.8. The predicted octanol–water partition coefficient (Wildman–Crippen LogP) is 6.64. The molecule has 1 N–H and O–H groups in total. The Morgan fingerprint density at radius 3 is 2.55 bits per heavy atom. The lowest BCUT2D eigenvalue weighted by Crippen LogP contribution is -2.42. The number of likely N-dealkylation sites (tertiary alicyclic amines) is 2. The fourth-order valence-corrected chi connectivity index (χ4v) is 6.50. The molecule has 1 aromatic heterocycles. The number of fused-ring (bicyclic) bond motifs is 2. The fourth-order valence-electron chi connectivity index (χ4n) is 6.50. The van der Waals surface area contributed by atoms with E-state index in [1.807, 2.05) is 43.3 Å². The molecule has 0 aliphatic carbocycles. The zero-order chi connectivity index (χ0) is 28.6. The van der Waals surface area contributed by atoms with Gasteiger partial charge >= 0.3 is 0 Å². The maximum absolute atomic E-state index is 14.4. The summed E-state index contributed by atoms with van der Waals surface area (Å²) in [5.74, 6) is 1.85. The molecule has 4 heterocycles. The molecule has 216 valence electrons.